The van der Waals surface area contributed by atoms with E-state index in [1.54, 1.807) is 0 Å². The number of fused-ring (bicyclic) bond motifs is 1. The maximum absolute atomic E-state index is 5.92. The Hall–Kier alpha value is -1.84. The molecule has 1 aromatic carbocycles. The Morgan fingerprint density at radius 3 is 2.73 bits per heavy atom. The minimum Gasteiger partial charge on any atom is -0.395 e. The van der Waals surface area contributed by atoms with Crippen molar-refractivity contribution < 1.29 is 0 Å². The lowest BCUT2D eigenvalue weighted by atomic mass is 10.0. The maximum Gasteiger partial charge on any atom is 0.169 e. The summed E-state index contributed by atoms with van der Waals surface area (Å²) in [5.74, 6) is 0.311. The number of benzene rings is 1. The Morgan fingerprint density at radius 2 is 2.00 bits per heavy atom. The Morgan fingerprint density at radius 1 is 1.20 bits per heavy atom. The van der Waals surface area contributed by atoms with Crippen LogP contribution in [0.25, 0.3) is 10.9 Å². The average Bonchev–Trinajstić information content (AvgIpc) is 2.24. The molecule has 0 saturated carbocycles. The summed E-state index contributed by atoms with van der Waals surface area (Å²) >= 11 is 0. The van der Waals surface area contributed by atoms with Gasteiger partial charge in [0.2, 0.25) is 0 Å². The molecule has 4 nitrogen and oxygen atoms in total. The minimum absolute atomic E-state index is 0.311. The van der Waals surface area contributed by atoms with Crippen molar-refractivity contribution in [1.82, 2.24) is 10.2 Å². The summed E-state index contributed by atoms with van der Waals surface area (Å²) in [6, 6.07) is 5.93. The highest BCUT2D eigenvalue weighted by Gasteiger charge is 2.08. The second-order valence-corrected chi connectivity index (χ2v) is 3.56. The first-order chi connectivity index (χ1) is 7.24. The molecule has 78 valence electrons. The molecule has 0 aliphatic rings. The van der Waals surface area contributed by atoms with E-state index in [2.05, 4.69) is 23.2 Å². The van der Waals surface area contributed by atoms with Gasteiger partial charge in [0.05, 0.1) is 11.2 Å². The van der Waals surface area contributed by atoms with Crippen molar-refractivity contribution in [3.63, 3.8) is 0 Å². The fourth-order valence-electron chi connectivity index (χ4n) is 1.75. The molecule has 0 radical (unpaired) electrons. The second kappa shape index (κ2) is 3.73. The monoisotopic (exact) mass is 202 g/mol. The van der Waals surface area contributed by atoms with Gasteiger partial charge in [-0.15, -0.1) is 10.2 Å². The first-order valence-electron chi connectivity index (χ1n) is 5.03. The molecule has 0 unspecified atom stereocenters. The van der Waals surface area contributed by atoms with Crippen LogP contribution in [0.3, 0.4) is 0 Å². The molecule has 0 atom stereocenters. The Labute approximate surface area is 88.3 Å². The third-order valence-corrected chi connectivity index (χ3v) is 2.46. The SMILES string of the molecule is CCCc1cccc2nnc(N)c(N)c12. The standard InChI is InChI=1S/C11H14N4/c1-2-4-7-5-3-6-8-9(7)10(12)11(13)15-14-8/h3,5-6H,2,4H2,1H3,(H2,12,14)(H2,13,15). The molecule has 1 heterocycles. The van der Waals surface area contributed by atoms with Crippen molar-refractivity contribution in [2.75, 3.05) is 11.5 Å². The molecular weight excluding hydrogens is 188 g/mol. The fourth-order valence-corrected chi connectivity index (χ4v) is 1.75. The van der Waals surface area contributed by atoms with Crippen LogP contribution in [0, 0.1) is 0 Å². The molecule has 1 aromatic heterocycles. The third-order valence-electron chi connectivity index (χ3n) is 2.46. The topological polar surface area (TPSA) is 77.8 Å². The molecule has 2 rings (SSSR count). The van der Waals surface area contributed by atoms with Gasteiger partial charge in [-0.05, 0) is 18.1 Å². The number of anilines is 2. The van der Waals surface area contributed by atoms with Crippen molar-refractivity contribution in [2.45, 2.75) is 19.8 Å². The molecule has 0 spiro atoms. The van der Waals surface area contributed by atoms with Crippen LogP contribution in [-0.2, 0) is 6.42 Å². The molecular formula is C11H14N4. The smallest absolute Gasteiger partial charge is 0.169 e. The zero-order valence-electron chi connectivity index (χ0n) is 8.70. The lowest BCUT2D eigenvalue weighted by molar-refractivity contribution is 0.928. The Balaban J connectivity index is 2.76. The summed E-state index contributed by atoms with van der Waals surface area (Å²) in [5.41, 5.74) is 14.1. The van der Waals surface area contributed by atoms with Crippen molar-refractivity contribution in [2.24, 2.45) is 0 Å². The number of hydrogen-bond acceptors (Lipinski definition) is 4. The molecule has 0 saturated heterocycles. The van der Waals surface area contributed by atoms with E-state index in [1.807, 2.05) is 12.1 Å². The predicted molar refractivity (Wildman–Crippen MR) is 62.4 cm³/mol. The van der Waals surface area contributed by atoms with Crippen LogP contribution in [0.5, 0.6) is 0 Å². The summed E-state index contributed by atoms with van der Waals surface area (Å²) in [5, 5.41) is 8.79. The summed E-state index contributed by atoms with van der Waals surface area (Å²) in [6.45, 7) is 2.13. The first-order valence-corrected chi connectivity index (χ1v) is 5.03. The zero-order valence-corrected chi connectivity index (χ0v) is 8.70. The van der Waals surface area contributed by atoms with Gasteiger partial charge < -0.3 is 11.5 Å². The molecule has 0 fully saturated rings. The van der Waals surface area contributed by atoms with E-state index in [9.17, 15) is 0 Å². The van der Waals surface area contributed by atoms with Gasteiger partial charge in [-0.1, -0.05) is 25.5 Å². The van der Waals surface area contributed by atoms with Gasteiger partial charge in [0, 0.05) is 5.39 Å². The van der Waals surface area contributed by atoms with E-state index >= 15 is 0 Å². The summed E-state index contributed by atoms with van der Waals surface area (Å²) in [7, 11) is 0. The molecule has 0 bridgehead atoms. The molecule has 0 amide bonds. The van der Waals surface area contributed by atoms with E-state index in [-0.39, 0.29) is 0 Å². The first kappa shape index (κ1) is 9.71. The molecule has 4 heteroatoms. The Bertz CT molecular complexity index is 493. The van der Waals surface area contributed by atoms with Gasteiger partial charge in [0.25, 0.3) is 0 Å². The van der Waals surface area contributed by atoms with Crippen molar-refractivity contribution in [3.8, 4) is 0 Å². The second-order valence-electron chi connectivity index (χ2n) is 3.56. The van der Waals surface area contributed by atoms with Gasteiger partial charge in [0.15, 0.2) is 5.82 Å². The maximum atomic E-state index is 5.92. The van der Waals surface area contributed by atoms with Gasteiger partial charge >= 0.3 is 0 Å². The number of hydrogen-bond donors (Lipinski definition) is 2. The van der Waals surface area contributed by atoms with Crippen molar-refractivity contribution in [3.05, 3.63) is 23.8 Å². The van der Waals surface area contributed by atoms with Crippen LogP contribution < -0.4 is 11.5 Å². The van der Waals surface area contributed by atoms with Crippen molar-refractivity contribution in [1.29, 1.82) is 0 Å². The number of nitrogen functional groups attached to an aromatic ring is 2. The number of rotatable bonds is 2. The summed E-state index contributed by atoms with van der Waals surface area (Å²) < 4.78 is 0. The van der Waals surface area contributed by atoms with Crippen LogP contribution in [0.2, 0.25) is 0 Å². The van der Waals surface area contributed by atoms with Crippen LogP contribution in [0.4, 0.5) is 11.5 Å². The average molecular weight is 202 g/mol. The number of nitrogens with two attached hydrogens (primary N) is 2. The quantitative estimate of drug-likeness (QED) is 0.777. The largest absolute Gasteiger partial charge is 0.395 e. The van der Waals surface area contributed by atoms with Gasteiger partial charge in [-0.25, -0.2) is 0 Å². The van der Waals surface area contributed by atoms with E-state index in [4.69, 9.17) is 11.5 Å². The molecule has 2 aromatic rings. The normalized spacial score (nSPS) is 10.7. The van der Waals surface area contributed by atoms with E-state index in [1.165, 1.54) is 5.56 Å². The number of aromatic nitrogens is 2. The Kier molecular flexibility index (Phi) is 2.41. The highest BCUT2D eigenvalue weighted by molar-refractivity contribution is 5.96. The third kappa shape index (κ3) is 1.58. The van der Waals surface area contributed by atoms with Gasteiger partial charge in [-0.2, -0.15) is 0 Å². The summed E-state index contributed by atoms with van der Waals surface area (Å²) in [6.07, 6.45) is 2.05. The molecule has 15 heavy (non-hydrogen) atoms. The zero-order chi connectivity index (χ0) is 10.8. The van der Waals surface area contributed by atoms with Crippen LogP contribution in [0.15, 0.2) is 18.2 Å². The lowest BCUT2D eigenvalue weighted by Crippen LogP contribution is -2.02. The highest BCUT2D eigenvalue weighted by Crippen LogP contribution is 2.26. The van der Waals surface area contributed by atoms with Crippen LogP contribution in [0.1, 0.15) is 18.9 Å². The molecule has 4 N–H and O–H groups in total. The lowest BCUT2D eigenvalue weighted by Gasteiger charge is -2.08. The fraction of sp³-hybridized carbons (Fsp3) is 0.273. The van der Waals surface area contributed by atoms with Gasteiger partial charge in [-0.3, -0.25) is 0 Å². The van der Waals surface area contributed by atoms with E-state index in [0.717, 1.165) is 23.7 Å². The summed E-state index contributed by atoms with van der Waals surface area (Å²) in [4.78, 5) is 0. The number of aryl methyl sites for hydroxylation is 1. The molecule has 0 aliphatic heterocycles. The van der Waals surface area contributed by atoms with Crippen LogP contribution >= 0.6 is 0 Å². The number of nitrogens with zero attached hydrogens (tertiary/aromatic N) is 2. The van der Waals surface area contributed by atoms with Crippen LogP contribution in [-0.4, -0.2) is 10.2 Å². The highest BCUT2D eigenvalue weighted by atomic mass is 15.1. The van der Waals surface area contributed by atoms with E-state index < -0.39 is 0 Å². The molecule has 0 aliphatic carbocycles. The minimum atomic E-state index is 0.311. The van der Waals surface area contributed by atoms with Crippen molar-refractivity contribution >= 4 is 22.4 Å². The predicted octanol–water partition coefficient (Wildman–Crippen LogP) is 1.75. The van der Waals surface area contributed by atoms with Gasteiger partial charge in [0.1, 0.15) is 0 Å². The van der Waals surface area contributed by atoms with E-state index in [0.29, 0.717) is 11.5 Å².